The number of benzene rings is 3. The monoisotopic (exact) mass is 606 g/mol. The van der Waals surface area contributed by atoms with E-state index in [2.05, 4.69) is 9.80 Å². The molecule has 0 spiro atoms. The number of fused-ring (bicyclic) bond motifs is 14. The highest BCUT2D eigenvalue weighted by atomic mass is 16.5. The number of aryl methyl sites for hydroxylation is 3. The molecule has 3 aliphatic heterocycles. The summed E-state index contributed by atoms with van der Waals surface area (Å²) in [6, 6.07) is 11.5. The number of hydrogen-bond acceptors (Lipinski definition) is 9. The summed E-state index contributed by atoms with van der Waals surface area (Å²) in [5, 5.41) is 35.1. The maximum atomic E-state index is 11.8. The minimum atomic E-state index is 0.0170. The van der Waals surface area contributed by atoms with Gasteiger partial charge in [-0.25, -0.2) is 0 Å². The lowest BCUT2D eigenvalue weighted by Gasteiger charge is -2.24. The fraction of sp³-hybridized carbons (Fsp3) is 0.486. The van der Waals surface area contributed by atoms with E-state index in [-0.39, 0.29) is 17.2 Å². The molecule has 0 saturated carbocycles. The van der Waals surface area contributed by atoms with Crippen LogP contribution in [0.4, 0.5) is 0 Å². The van der Waals surface area contributed by atoms with E-state index in [4.69, 9.17) is 18.9 Å². The van der Waals surface area contributed by atoms with Crippen molar-refractivity contribution in [3.63, 3.8) is 0 Å². The van der Waals surface area contributed by atoms with Gasteiger partial charge in [0.1, 0.15) is 17.2 Å². The highest BCUT2D eigenvalue weighted by Gasteiger charge is 2.22. The van der Waals surface area contributed by atoms with Crippen molar-refractivity contribution in [2.75, 3.05) is 79.0 Å². The molecule has 3 N–H and O–H groups in total. The Morgan fingerprint density at radius 1 is 0.432 bits per heavy atom. The van der Waals surface area contributed by atoms with Crippen LogP contribution in [0.1, 0.15) is 27.8 Å². The van der Waals surface area contributed by atoms with Gasteiger partial charge in [0.2, 0.25) is 0 Å². The van der Waals surface area contributed by atoms with Gasteiger partial charge >= 0.3 is 0 Å². The predicted molar refractivity (Wildman–Crippen MR) is 170 cm³/mol. The lowest BCUT2D eigenvalue weighted by Crippen LogP contribution is -2.32. The number of phenols is 3. The van der Waals surface area contributed by atoms with Gasteiger partial charge < -0.3 is 34.3 Å². The molecule has 6 rings (SSSR count). The Labute approximate surface area is 260 Å². The summed E-state index contributed by atoms with van der Waals surface area (Å²) in [4.78, 5) is 4.41. The molecule has 1 fully saturated rings. The average Bonchev–Trinajstić information content (AvgIpc) is 2.98. The molecule has 3 aromatic carbocycles. The van der Waals surface area contributed by atoms with Crippen molar-refractivity contribution in [2.45, 2.75) is 33.9 Å². The van der Waals surface area contributed by atoms with Crippen molar-refractivity contribution in [2.24, 2.45) is 0 Å². The predicted octanol–water partition coefficient (Wildman–Crippen LogP) is 4.76. The Morgan fingerprint density at radius 3 is 1.07 bits per heavy atom. The number of rotatable bonds is 0. The van der Waals surface area contributed by atoms with Crippen molar-refractivity contribution in [1.29, 1.82) is 0 Å². The van der Waals surface area contributed by atoms with Crippen molar-refractivity contribution in [1.82, 2.24) is 9.80 Å². The van der Waals surface area contributed by atoms with E-state index in [0.29, 0.717) is 114 Å². The summed E-state index contributed by atoms with van der Waals surface area (Å²) in [6.07, 6.45) is 0. The van der Waals surface area contributed by atoms with Gasteiger partial charge in [0.15, 0.2) is 0 Å². The van der Waals surface area contributed by atoms with Crippen molar-refractivity contribution in [3.8, 4) is 39.5 Å². The minimum absolute atomic E-state index is 0.0170. The number of ether oxygens (including phenoxy) is 4. The summed E-state index contributed by atoms with van der Waals surface area (Å²) in [6.45, 7) is 13.6. The van der Waals surface area contributed by atoms with E-state index in [0.717, 1.165) is 27.8 Å². The third-order valence-electron chi connectivity index (χ3n) is 8.24. The molecule has 0 unspecified atom stereocenters. The number of aromatic hydroxyl groups is 3. The number of phenolic OH excluding ortho intramolecular Hbond substituents is 3. The molecule has 1 saturated heterocycles. The van der Waals surface area contributed by atoms with Gasteiger partial charge in [-0.3, -0.25) is 9.80 Å². The van der Waals surface area contributed by atoms with Gasteiger partial charge in [-0.1, -0.05) is 12.1 Å². The largest absolute Gasteiger partial charge is 0.507 e. The first-order valence-electron chi connectivity index (χ1n) is 15.5. The Kier molecular flexibility index (Phi) is 11.1. The second-order valence-electron chi connectivity index (χ2n) is 11.9. The SMILES string of the molecule is Cc1cc2c(O)c(c1)-c1cc(C)cc(c1O)-c1cc(C)cc(c1O)CN1CCOCCOCCN(CCOCCOCC1)C2. The van der Waals surface area contributed by atoms with E-state index >= 15 is 0 Å². The highest BCUT2D eigenvalue weighted by Crippen LogP contribution is 2.46. The third-order valence-corrected chi connectivity index (χ3v) is 8.24. The molecule has 44 heavy (non-hydrogen) atoms. The Hall–Kier alpha value is -3.18. The summed E-state index contributed by atoms with van der Waals surface area (Å²) in [5.74, 6) is 0.263. The second kappa shape index (κ2) is 15.2. The Bertz CT molecular complexity index is 1300. The van der Waals surface area contributed by atoms with Gasteiger partial charge in [0.25, 0.3) is 0 Å². The van der Waals surface area contributed by atoms with Gasteiger partial charge in [0, 0.05) is 72.6 Å². The zero-order valence-electron chi connectivity index (χ0n) is 26.2. The first-order chi connectivity index (χ1) is 21.3. The summed E-state index contributed by atoms with van der Waals surface area (Å²) < 4.78 is 23.6. The fourth-order valence-electron chi connectivity index (χ4n) is 5.99. The molecule has 9 nitrogen and oxygen atoms in total. The fourth-order valence-corrected chi connectivity index (χ4v) is 5.99. The molecular formula is C35H46N2O7. The van der Waals surface area contributed by atoms with E-state index in [1.54, 1.807) is 0 Å². The van der Waals surface area contributed by atoms with Crippen LogP contribution >= 0.6 is 0 Å². The standard InChI is InChI=1S/C35H46N2O7/c1-24-16-27-22-36-4-8-41-12-14-43-10-6-37(7-11-44-15-13-42-9-5-36)23-28-17-25(2)19-30(34(28)39)32-21-26(3)20-31(35(32)40)29(18-24)33(27)38/h16-21,38-40H,4-15,22-23H2,1-3H3. The van der Waals surface area contributed by atoms with E-state index < -0.39 is 0 Å². The Morgan fingerprint density at radius 2 is 0.727 bits per heavy atom. The summed E-state index contributed by atoms with van der Waals surface area (Å²) in [5.41, 5.74) is 6.51. The van der Waals surface area contributed by atoms with Crippen molar-refractivity contribution < 1.29 is 34.3 Å². The van der Waals surface area contributed by atoms with Crippen LogP contribution in [0.15, 0.2) is 36.4 Å². The van der Waals surface area contributed by atoms with Crippen LogP contribution in [0.3, 0.4) is 0 Å². The normalized spacial score (nSPS) is 21.1. The molecule has 0 aromatic heterocycles. The maximum absolute atomic E-state index is 11.8. The van der Waals surface area contributed by atoms with Gasteiger partial charge in [-0.15, -0.1) is 0 Å². The lowest BCUT2D eigenvalue weighted by molar-refractivity contribution is 0.00612. The van der Waals surface area contributed by atoms with E-state index in [1.165, 1.54) is 0 Å². The van der Waals surface area contributed by atoms with Crippen molar-refractivity contribution in [3.05, 3.63) is 64.2 Å². The number of nitrogens with zero attached hydrogens (tertiary/aromatic N) is 2. The minimum Gasteiger partial charge on any atom is -0.507 e. The second-order valence-corrected chi connectivity index (χ2v) is 11.9. The van der Waals surface area contributed by atoms with Crippen LogP contribution in [0, 0.1) is 20.8 Å². The van der Waals surface area contributed by atoms with Crippen LogP contribution in [-0.2, 0) is 32.0 Å². The zero-order chi connectivity index (χ0) is 31.1. The first kappa shape index (κ1) is 32.2. The van der Waals surface area contributed by atoms with Crippen LogP contribution in [0.5, 0.6) is 17.2 Å². The van der Waals surface area contributed by atoms with Gasteiger partial charge in [-0.05, 0) is 61.7 Å². The molecule has 9 heteroatoms. The zero-order valence-corrected chi connectivity index (χ0v) is 26.2. The molecule has 3 heterocycles. The first-order valence-corrected chi connectivity index (χ1v) is 15.5. The number of hydrogen-bond donors (Lipinski definition) is 3. The molecule has 8 bridgehead atoms. The molecule has 0 aliphatic carbocycles. The summed E-state index contributed by atoms with van der Waals surface area (Å²) >= 11 is 0. The molecule has 0 amide bonds. The smallest absolute Gasteiger partial charge is 0.131 e. The maximum Gasteiger partial charge on any atom is 0.131 e. The third kappa shape index (κ3) is 8.10. The summed E-state index contributed by atoms with van der Waals surface area (Å²) in [7, 11) is 0. The van der Waals surface area contributed by atoms with Gasteiger partial charge in [0.05, 0.1) is 52.9 Å². The van der Waals surface area contributed by atoms with Gasteiger partial charge in [-0.2, -0.15) is 0 Å². The molecule has 3 aromatic rings. The highest BCUT2D eigenvalue weighted by molar-refractivity contribution is 5.88. The molecule has 0 radical (unpaired) electrons. The van der Waals surface area contributed by atoms with Crippen LogP contribution in [-0.4, -0.2) is 104 Å². The molecule has 238 valence electrons. The van der Waals surface area contributed by atoms with E-state index in [1.807, 2.05) is 57.2 Å². The molecular weight excluding hydrogens is 560 g/mol. The average molecular weight is 607 g/mol. The van der Waals surface area contributed by atoms with E-state index in [9.17, 15) is 15.3 Å². The molecule has 0 atom stereocenters. The lowest BCUT2D eigenvalue weighted by atomic mass is 9.90. The Balaban J connectivity index is 1.66. The topological polar surface area (TPSA) is 104 Å². The van der Waals surface area contributed by atoms with Crippen LogP contribution in [0.2, 0.25) is 0 Å². The quantitative estimate of drug-likeness (QED) is 0.334. The van der Waals surface area contributed by atoms with Crippen LogP contribution in [0.25, 0.3) is 22.3 Å². The van der Waals surface area contributed by atoms with Crippen molar-refractivity contribution >= 4 is 0 Å². The van der Waals surface area contributed by atoms with Crippen LogP contribution < -0.4 is 0 Å². The molecule has 3 aliphatic rings.